The van der Waals surface area contributed by atoms with Crippen LogP contribution in [0.5, 0.6) is 5.75 Å². The monoisotopic (exact) mass is 532 g/mol. The molecule has 0 bridgehead atoms. The van der Waals surface area contributed by atoms with Gasteiger partial charge in [0.2, 0.25) is 0 Å². The zero-order valence-electron chi connectivity index (χ0n) is 20.8. The molecule has 2 heterocycles. The van der Waals surface area contributed by atoms with Crippen LogP contribution in [-0.4, -0.2) is 28.9 Å². The van der Waals surface area contributed by atoms with E-state index < -0.39 is 17.7 Å². The van der Waals surface area contributed by atoms with Crippen LogP contribution in [0.1, 0.15) is 43.5 Å². The van der Waals surface area contributed by atoms with E-state index in [2.05, 4.69) is 25.8 Å². The van der Waals surface area contributed by atoms with Gasteiger partial charge < -0.3 is 9.84 Å². The number of aromatic nitrogens is 1. The lowest BCUT2D eigenvalue weighted by atomic mass is 9.85. The molecule has 0 unspecified atom stereocenters. The second kappa shape index (κ2) is 9.32. The van der Waals surface area contributed by atoms with E-state index in [0.717, 1.165) is 10.3 Å². The number of carbonyl (C=O) groups is 2. The molecule has 1 atom stereocenters. The van der Waals surface area contributed by atoms with Crippen molar-refractivity contribution in [2.75, 3.05) is 12.0 Å². The van der Waals surface area contributed by atoms with Gasteiger partial charge in [0.25, 0.3) is 5.78 Å². The van der Waals surface area contributed by atoms with E-state index in [1.54, 1.807) is 37.4 Å². The summed E-state index contributed by atoms with van der Waals surface area (Å²) in [7, 11) is 1.58. The summed E-state index contributed by atoms with van der Waals surface area (Å²) in [5.74, 6) is -1.10. The van der Waals surface area contributed by atoms with Crippen LogP contribution in [-0.2, 0) is 15.0 Å². The first-order chi connectivity index (χ1) is 17.6. The average molecular weight is 533 g/mol. The first-order valence-corrected chi connectivity index (χ1v) is 12.9. The molecule has 37 heavy (non-hydrogen) atoms. The first-order valence-electron chi connectivity index (χ1n) is 11.7. The Morgan fingerprint density at radius 3 is 2.32 bits per heavy atom. The lowest BCUT2D eigenvalue weighted by Crippen LogP contribution is -2.29. The van der Waals surface area contributed by atoms with E-state index in [9.17, 15) is 14.7 Å². The summed E-state index contributed by atoms with van der Waals surface area (Å²) in [5.41, 5.74) is 2.82. The third-order valence-corrected chi connectivity index (χ3v) is 7.71. The van der Waals surface area contributed by atoms with E-state index in [-0.39, 0.29) is 16.7 Å². The van der Waals surface area contributed by atoms with Crippen molar-refractivity contribution in [1.29, 1.82) is 0 Å². The van der Waals surface area contributed by atoms with Gasteiger partial charge in [-0.2, -0.15) is 0 Å². The number of hydrogen-bond acceptors (Lipinski definition) is 6. The number of aliphatic hydroxyl groups is 1. The molecule has 3 aromatic carbocycles. The first kappa shape index (κ1) is 25.0. The van der Waals surface area contributed by atoms with Crippen LogP contribution in [0, 0.1) is 0 Å². The van der Waals surface area contributed by atoms with Gasteiger partial charge in [0, 0.05) is 10.6 Å². The Labute approximate surface area is 223 Å². The number of Topliss-reactive ketones (excluding diaryl/α,β-unsaturated/α-hetero) is 1. The van der Waals surface area contributed by atoms with Gasteiger partial charge in [0.1, 0.15) is 11.5 Å². The molecule has 188 valence electrons. The number of halogens is 1. The number of methoxy groups -OCH3 is 1. The minimum absolute atomic E-state index is 0.00710. The Kier molecular flexibility index (Phi) is 6.30. The van der Waals surface area contributed by atoms with E-state index >= 15 is 0 Å². The van der Waals surface area contributed by atoms with Crippen molar-refractivity contribution in [3.8, 4) is 5.75 Å². The van der Waals surface area contributed by atoms with Gasteiger partial charge in [-0.3, -0.25) is 14.5 Å². The highest BCUT2D eigenvalue weighted by molar-refractivity contribution is 7.22. The molecule has 0 saturated carbocycles. The van der Waals surface area contributed by atoms with Gasteiger partial charge in [0.15, 0.2) is 5.13 Å². The summed E-state index contributed by atoms with van der Waals surface area (Å²) in [4.78, 5) is 32.9. The third-order valence-electron chi connectivity index (χ3n) is 6.44. The molecule has 1 saturated heterocycles. The Morgan fingerprint density at radius 1 is 1.03 bits per heavy atom. The summed E-state index contributed by atoms with van der Waals surface area (Å²) in [5, 5.41) is 12.2. The van der Waals surface area contributed by atoms with Crippen molar-refractivity contribution in [2.24, 2.45) is 0 Å². The third kappa shape index (κ3) is 4.49. The molecule has 1 aromatic heterocycles. The van der Waals surface area contributed by atoms with Gasteiger partial charge in [-0.1, -0.05) is 68.0 Å². The SMILES string of the molecule is COc1ccc2nc(N3C(=O)C(=O)C(=C(O)c4ccc(Cl)cc4)[C@H]3c3ccc(C(C)(C)C)cc3)sc2c1. The van der Waals surface area contributed by atoms with Crippen molar-refractivity contribution in [3.05, 3.63) is 94.0 Å². The molecule has 0 spiro atoms. The van der Waals surface area contributed by atoms with Gasteiger partial charge in [-0.25, -0.2) is 4.98 Å². The minimum atomic E-state index is -0.854. The maximum Gasteiger partial charge on any atom is 0.301 e. The minimum Gasteiger partial charge on any atom is -0.507 e. The zero-order chi connectivity index (χ0) is 26.5. The zero-order valence-corrected chi connectivity index (χ0v) is 22.4. The Bertz CT molecular complexity index is 1550. The van der Waals surface area contributed by atoms with Crippen molar-refractivity contribution < 1.29 is 19.4 Å². The number of thiazole rings is 1. The number of aliphatic hydroxyl groups excluding tert-OH is 1. The van der Waals surface area contributed by atoms with Crippen molar-refractivity contribution in [1.82, 2.24) is 4.98 Å². The second-order valence-corrected chi connectivity index (χ2v) is 11.3. The second-order valence-electron chi connectivity index (χ2n) is 9.88. The lowest BCUT2D eigenvalue weighted by Gasteiger charge is -2.24. The molecule has 4 aromatic rings. The number of ketones is 1. The molecule has 1 aliphatic heterocycles. The fourth-order valence-corrected chi connectivity index (χ4v) is 5.54. The molecular formula is C29H25ClN2O4S. The number of amides is 1. The van der Waals surface area contributed by atoms with E-state index in [1.807, 2.05) is 36.4 Å². The summed E-state index contributed by atoms with van der Waals surface area (Å²) in [6.45, 7) is 6.35. The summed E-state index contributed by atoms with van der Waals surface area (Å²) in [6.07, 6.45) is 0. The number of nitrogens with zero attached hydrogens (tertiary/aromatic N) is 2. The van der Waals surface area contributed by atoms with Crippen molar-refractivity contribution in [2.45, 2.75) is 32.2 Å². The number of carbonyl (C=O) groups excluding carboxylic acids is 2. The topological polar surface area (TPSA) is 79.7 Å². The van der Waals surface area contributed by atoms with Crippen LogP contribution in [0.15, 0.2) is 72.3 Å². The normalized spacial score (nSPS) is 17.5. The highest BCUT2D eigenvalue weighted by Gasteiger charge is 2.48. The Hall–Kier alpha value is -3.68. The molecule has 0 aliphatic carbocycles. The van der Waals surface area contributed by atoms with Crippen molar-refractivity contribution in [3.63, 3.8) is 0 Å². The fourth-order valence-electron chi connectivity index (χ4n) is 4.40. The standard InChI is InChI=1S/C29H25ClN2O4S/c1-29(2,3)18-9-5-16(6-10-18)24-23(25(33)17-7-11-19(30)12-8-17)26(34)27(35)32(24)28-31-21-14-13-20(36-4)15-22(21)37-28/h5-15,24,33H,1-4H3/t24-/m1/s1. The van der Waals surface area contributed by atoms with E-state index in [4.69, 9.17) is 16.3 Å². The molecule has 1 aliphatic rings. The highest BCUT2D eigenvalue weighted by Crippen LogP contribution is 2.45. The largest absolute Gasteiger partial charge is 0.507 e. The summed E-state index contributed by atoms with van der Waals surface area (Å²) in [6, 6.07) is 18.9. The van der Waals surface area contributed by atoms with Crippen LogP contribution < -0.4 is 9.64 Å². The number of anilines is 1. The lowest BCUT2D eigenvalue weighted by molar-refractivity contribution is -0.132. The quantitative estimate of drug-likeness (QED) is 0.176. The van der Waals surface area contributed by atoms with Crippen LogP contribution in [0.4, 0.5) is 5.13 Å². The summed E-state index contributed by atoms with van der Waals surface area (Å²) < 4.78 is 6.14. The Morgan fingerprint density at radius 2 is 1.70 bits per heavy atom. The molecule has 8 heteroatoms. The number of ether oxygens (including phenoxy) is 1. The number of rotatable bonds is 4. The molecule has 1 amide bonds. The predicted octanol–water partition coefficient (Wildman–Crippen LogP) is 6.88. The predicted molar refractivity (Wildman–Crippen MR) is 148 cm³/mol. The van der Waals surface area contributed by atoms with Gasteiger partial charge in [-0.15, -0.1) is 0 Å². The highest BCUT2D eigenvalue weighted by atomic mass is 35.5. The summed E-state index contributed by atoms with van der Waals surface area (Å²) >= 11 is 7.31. The van der Waals surface area contributed by atoms with Crippen LogP contribution in [0.2, 0.25) is 5.02 Å². The molecular weight excluding hydrogens is 508 g/mol. The van der Waals surface area contributed by atoms with Crippen LogP contribution >= 0.6 is 22.9 Å². The molecule has 5 rings (SSSR count). The maximum atomic E-state index is 13.5. The van der Waals surface area contributed by atoms with E-state index in [0.29, 0.717) is 32.5 Å². The number of benzene rings is 3. The van der Waals surface area contributed by atoms with Gasteiger partial charge in [0.05, 0.1) is 28.9 Å². The fraction of sp³-hybridized carbons (Fsp3) is 0.207. The smallest absolute Gasteiger partial charge is 0.301 e. The molecule has 1 N–H and O–H groups in total. The molecule has 1 fully saturated rings. The van der Waals surface area contributed by atoms with Gasteiger partial charge in [-0.05, 0) is 59.0 Å². The van der Waals surface area contributed by atoms with Gasteiger partial charge >= 0.3 is 5.91 Å². The number of fused-ring (bicyclic) bond motifs is 1. The Balaban J connectivity index is 1.70. The van der Waals surface area contributed by atoms with Crippen LogP contribution in [0.25, 0.3) is 16.0 Å². The van der Waals surface area contributed by atoms with Crippen LogP contribution in [0.3, 0.4) is 0 Å². The molecule has 6 nitrogen and oxygen atoms in total. The number of hydrogen-bond donors (Lipinski definition) is 1. The van der Waals surface area contributed by atoms with Crippen molar-refractivity contribution >= 4 is 55.7 Å². The average Bonchev–Trinajstić information content (AvgIpc) is 3.41. The maximum absolute atomic E-state index is 13.5. The molecule has 0 radical (unpaired) electrons. The van der Waals surface area contributed by atoms with E-state index in [1.165, 1.54) is 16.2 Å².